The van der Waals surface area contributed by atoms with Crippen molar-refractivity contribution in [2.45, 2.75) is 26.3 Å². The van der Waals surface area contributed by atoms with Crippen LogP contribution in [0.15, 0.2) is 48.7 Å². The van der Waals surface area contributed by atoms with E-state index >= 15 is 0 Å². The van der Waals surface area contributed by atoms with Gasteiger partial charge < -0.3 is 20.1 Å². The zero-order valence-corrected chi connectivity index (χ0v) is 18.4. The Morgan fingerprint density at radius 2 is 2.03 bits per heavy atom. The highest BCUT2D eigenvalue weighted by Crippen LogP contribution is 2.28. The molecule has 1 unspecified atom stereocenters. The number of fused-ring (bicyclic) bond motifs is 2. The molecule has 2 aromatic carbocycles. The van der Waals surface area contributed by atoms with Crippen molar-refractivity contribution >= 4 is 51.2 Å². The normalized spacial score (nSPS) is 12.1. The van der Waals surface area contributed by atoms with Crippen LogP contribution >= 0.6 is 11.6 Å². The molecule has 0 aliphatic carbocycles. The number of ether oxygens (including phenoxy) is 1. The summed E-state index contributed by atoms with van der Waals surface area (Å²) in [5.74, 6) is -1.48. The molecule has 0 saturated heterocycles. The fraction of sp³-hybridized carbons (Fsp3) is 0.208. The summed E-state index contributed by atoms with van der Waals surface area (Å²) in [4.78, 5) is 32.5. The maximum Gasteiger partial charge on any atom is 0.341 e. The van der Waals surface area contributed by atoms with Gasteiger partial charge in [0, 0.05) is 33.9 Å². The molecule has 7 nitrogen and oxygen atoms in total. The van der Waals surface area contributed by atoms with Crippen LogP contribution in [0.3, 0.4) is 0 Å². The van der Waals surface area contributed by atoms with Crippen LogP contribution in [0.5, 0.6) is 0 Å². The van der Waals surface area contributed by atoms with Gasteiger partial charge in [-0.05, 0) is 49.2 Å². The summed E-state index contributed by atoms with van der Waals surface area (Å²) in [6.45, 7) is 3.75. The number of esters is 1. The smallest absolute Gasteiger partial charge is 0.341 e. The second-order valence-corrected chi connectivity index (χ2v) is 7.93. The fourth-order valence-electron chi connectivity index (χ4n) is 3.78. The van der Waals surface area contributed by atoms with E-state index in [1.807, 2.05) is 31.2 Å². The van der Waals surface area contributed by atoms with Crippen LogP contribution in [0, 0.1) is 6.92 Å². The van der Waals surface area contributed by atoms with E-state index in [4.69, 9.17) is 16.3 Å². The summed E-state index contributed by atoms with van der Waals surface area (Å²) in [5.41, 5.74) is 3.37. The Morgan fingerprint density at radius 3 is 2.78 bits per heavy atom. The number of aromatic nitrogens is 2. The lowest BCUT2D eigenvalue weighted by Crippen LogP contribution is -2.32. The number of aryl methyl sites for hydroxylation is 1. The van der Waals surface area contributed by atoms with E-state index in [9.17, 15) is 14.7 Å². The molecule has 0 bridgehead atoms. The van der Waals surface area contributed by atoms with Crippen molar-refractivity contribution in [2.24, 2.45) is 0 Å². The van der Waals surface area contributed by atoms with Gasteiger partial charge in [-0.25, -0.2) is 14.6 Å². The number of hydrogen-bond donors (Lipinski definition) is 3. The number of carbonyl (C=O) groups excluding carboxylic acids is 1. The number of halogens is 1. The molecule has 2 aromatic heterocycles. The van der Waals surface area contributed by atoms with Gasteiger partial charge in [0.1, 0.15) is 17.4 Å². The van der Waals surface area contributed by atoms with E-state index in [1.54, 1.807) is 31.3 Å². The van der Waals surface area contributed by atoms with E-state index in [0.29, 0.717) is 15.9 Å². The second kappa shape index (κ2) is 8.88. The number of rotatable bonds is 7. The van der Waals surface area contributed by atoms with Gasteiger partial charge in [0.05, 0.1) is 12.1 Å². The third-order valence-corrected chi connectivity index (χ3v) is 5.49. The molecule has 164 valence electrons. The van der Waals surface area contributed by atoms with E-state index < -0.39 is 18.0 Å². The lowest BCUT2D eigenvalue weighted by Gasteiger charge is -2.18. The van der Waals surface area contributed by atoms with Crippen LogP contribution in [-0.4, -0.2) is 39.7 Å². The van der Waals surface area contributed by atoms with Gasteiger partial charge in [0.15, 0.2) is 0 Å². The molecule has 0 radical (unpaired) electrons. The van der Waals surface area contributed by atoms with Crippen LogP contribution in [0.25, 0.3) is 21.8 Å². The topological polar surface area (TPSA) is 104 Å². The number of hydrogen-bond acceptors (Lipinski definition) is 5. The number of anilines is 1. The first-order chi connectivity index (χ1) is 15.4. The van der Waals surface area contributed by atoms with Crippen LogP contribution < -0.4 is 5.32 Å². The van der Waals surface area contributed by atoms with Crippen molar-refractivity contribution in [3.05, 3.63) is 70.4 Å². The summed E-state index contributed by atoms with van der Waals surface area (Å²) >= 11 is 6.17. The number of nitrogens with zero attached hydrogens (tertiary/aromatic N) is 1. The number of benzene rings is 2. The quantitative estimate of drug-likeness (QED) is 0.343. The van der Waals surface area contributed by atoms with Gasteiger partial charge in [-0.3, -0.25) is 0 Å². The van der Waals surface area contributed by atoms with Crippen LogP contribution in [0.2, 0.25) is 5.02 Å². The van der Waals surface area contributed by atoms with Gasteiger partial charge in [-0.15, -0.1) is 0 Å². The summed E-state index contributed by atoms with van der Waals surface area (Å²) in [7, 11) is 0. The predicted molar refractivity (Wildman–Crippen MR) is 124 cm³/mol. The van der Waals surface area contributed by atoms with Crippen LogP contribution in [0.1, 0.15) is 28.4 Å². The number of H-pyrrole nitrogens is 1. The maximum absolute atomic E-state index is 12.6. The number of carboxylic acids is 1. The minimum Gasteiger partial charge on any atom is -0.480 e. The number of aromatic amines is 1. The zero-order chi connectivity index (χ0) is 22.8. The lowest BCUT2D eigenvalue weighted by molar-refractivity contribution is -0.137. The Morgan fingerprint density at radius 1 is 1.25 bits per heavy atom. The van der Waals surface area contributed by atoms with Crippen molar-refractivity contribution in [3.63, 3.8) is 0 Å². The van der Waals surface area contributed by atoms with Gasteiger partial charge in [-0.1, -0.05) is 29.8 Å². The van der Waals surface area contributed by atoms with Crippen LogP contribution in [0.4, 0.5) is 5.82 Å². The Balaban J connectivity index is 1.76. The molecule has 0 saturated carbocycles. The van der Waals surface area contributed by atoms with Crippen molar-refractivity contribution < 1.29 is 19.4 Å². The van der Waals surface area contributed by atoms with Gasteiger partial charge >= 0.3 is 11.9 Å². The second-order valence-electron chi connectivity index (χ2n) is 7.50. The molecular weight excluding hydrogens is 430 g/mol. The summed E-state index contributed by atoms with van der Waals surface area (Å²) in [6.07, 6.45) is 2.00. The average molecular weight is 452 g/mol. The molecule has 0 aliphatic rings. The first kappa shape index (κ1) is 21.6. The van der Waals surface area contributed by atoms with Crippen molar-refractivity contribution in [3.8, 4) is 0 Å². The summed E-state index contributed by atoms with van der Waals surface area (Å²) < 4.78 is 5.18. The third kappa shape index (κ3) is 4.24. The number of pyridine rings is 1. The molecule has 0 spiro atoms. The van der Waals surface area contributed by atoms with E-state index in [-0.39, 0.29) is 24.4 Å². The molecule has 0 amide bonds. The molecule has 0 aliphatic heterocycles. The largest absolute Gasteiger partial charge is 0.480 e. The molecule has 8 heteroatoms. The molecule has 3 N–H and O–H groups in total. The molecular formula is C24H22ClN3O4. The molecule has 4 aromatic rings. The Hall–Kier alpha value is -3.58. The van der Waals surface area contributed by atoms with Crippen molar-refractivity contribution in [1.29, 1.82) is 0 Å². The minimum atomic E-state index is -1.06. The minimum absolute atomic E-state index is 0.159. The van der Waals surface area contributed by atoms with Crippen molar-refractivity contribution in [1.82, 2.24) is 9.97 Å². The number of nitrogens with one attached hydrogen (secondary N) is 2. The third-order valence-electron chi connectivity index (χ3n) is 5.28. The molecule has 4 rings (SSSR count). The number of aliphatic carboxylic acids is 1. The van der Waals surface area contributed by atoms with E-state index in [2.05, 4.69) is 15.3 Å². The van der Waals surface area contributed by atoms with Crippen molar-refractivity contribution in [2.75, 3.05) is 11.9 Å². The van der Waals surface area contributed by atoms with Gasteiger partial charge in [0.2, 0.25) is 0 Å². The standard InChI is InChI=1S/C24H22ClN3O4/c1-3-32-24(31)18-10-14-9-16(25)8-13(2)21(14)28-22(18)27-20(23(29)30)11-15-12-26-19-7-5-4-6-17(15)19/h4-10,12,20,26H,3,11H2,1-2H3,(H,27,28)(H,29,30). The summed E-state index contributed by atoms with van der Waals surface area (Å²) in [6, 6.07) is 11.8. The maximum atomic E-state index is 12.6. The Labute approximate surface area is 189 Å². The van der Waals surface area contributed by atoms with Gasteiger partial charge in [-0.2, -0.15) is 0 Å². The first-order valence-electron chi connectivity index (χ1n) is 10.2. The van der Waals surface area contributed by atoms with Gasteiger partial charge in [0.25, 0.3) is 0 Å². The highest BCUT2D eigenvalue weighted by atomic mass is 35.5. The highest BCUT2D eigenvalue weighted by Gasteiger charge is 2.24. The number of para-hydroxylation sites is 1. The predicted octanol–water partition coefficient (Wildman–Crippen LogP) is 4.96. The first-order valence-corrected chi connectivity index (χ1v) is 10.6. The Bertz CT molecular complexity index is 1330. The van der Waals surface area contributed by atoms with E-state index in [1.165, 1.54) is 0 Å². The average Bonchev–Trinajstić information content (AvgIpc) is 3.16. The fourth-order valence-corrected chi connectivity index (χ4v) is 4.06. The summed E-state index contributed by atoms with van der Waals surface area (Å²) in [5, 5.41) is 15.0. The molecule has 2 heterocycles. The van der Waals surface area contributed by atoms with Crippen LogP contribution in [-0.2, 0) is 16.0 Å². The SMILES string of the molecule is CCOC(=O)c1cc2cc(Cl)cc(C)c2nc1NC(Cc1c[nH]c2ccccc12)C(=O)O. The van der Waals surface area contributed by atoms with E-state index in [0.717, 1.165) is 22.0 Å². The zero-order valence-electron chi connectivity index (χ0n) is 17.6. The number of carboxylic acid groups (broad SMARTS) is 1. The monoisotopic (exact) mass is 451 g/mol. The molecule has 32 heavy (non-hydrogen) atoms. The molecule has 1 atom stereocenters. The lowest BCUT2D eigenvalue weighted by atomic mass is 10.0. The highest BCUT2D eigenvalue weighted by molar-refractivity contribution is 6.31. The molecule has 0 fully saturated rings. The Kier molecular flexibility index (Phi) is 6.01. The number of carbonyl (C=O) groups is 2.